The van der Waals surface area contributed by atoms with Crippen molar-refractivity contribution in [2.75, 3.05) is 11.9 Å². The van der Waals surface area contributed by atoms with Crippen molar-refractivity contribution in [3.05, 3.63) is 107 Å². The van der Waals surface area contributed by atoms with Crippen LogP contribution in [0, 0.1) is 0 Å². The second-order valence-corrected chi connectivity index (χ2v) is 8.08. The number of benzene rings is 3. The molecule has 4 N–H and O–H groups in total. The maximum atomic E-state index is 11.2. The molecule has 0 saturated heterocycles. The first-order chi connectivity index (χ1) is 16.9. The number of carbonyl (C=O) groups is 2. The summed E-state index contributed by atoms with van der Waals surface area (Å²) in [4.78, 5) is 27.0. The molecule has 0 fully saturated rings. The zero-order valence-electron chi connectivity index (χ0n) is 19.1. The van der Waals surface area contributed by atoms with Crippen LogP contribution in [0.25, 0.3) is 17.0 Å². The van der Waals surface area contributed by atoms with Crippen LogP contribution in [0.15, 0.2) is 90.6 Å². The third-order valence-electron chi connectivity index (χ3n) is 5.46. The van der Waals surface area contributed by atoms with Gasteiger partial charge in [0.25, 0.3) is 0 Å². The molecule has 0 aliphatic heterocycles. The van der Waals surface area contributed by atoms with E-state index in [1.807, 2.05) is 36.4 Å². The van der Waals surface area contributed by atoms with Gasteiger partial charge in [-0.1, -0.05) is 36.4 Å². The summed E-state index contributed by atoms with van der Waals surface area (Å²) in [5.41, 5.74) is 10.9. The molecule has 1 heterocycles. The minimum Gasteiger partial charge on any atom is -0.489 e. The highest BCUT2D eigenvalue weighted by Crippen LogP contribution is 2.26. The van der Waals surface area contributed by atoms with Crippen LogP contribution in [0.1, 0.15) is 34.5 Å². The SMILES string of the molecule is CC(=O)Nc1ccc(OC/C(=C\c2ccc(C(=O)O)cc2)C(N)c2cnc3ccccc3c2)cc1. The van der Waals surface area contributed by atoms with Crippen LogP contribution in [0.4, 0.5) is 5.69 Å². The number of carboxylic acids is 1. The summed E-state index contributed by atoms with van der Waals surface area (Å²) < 4.78 is 6.02. The molecule has 0 bridgehead atoms. The molecule has 1 unspecified atom stereocenters. The van der Waals surface area contributed by atoms with Crippen LogP contribution in [0.5, 0.6) is 5.75 Å². The largest absolute Gasteiger partial charge is 0.489 e. The number of amides is 1. The van der Waals surface area contributed by atoms with E-state index in [2.05, 4.69) is 10.3 Å². The van der Waals surface area contributed by atoms with Crippen molar-refractivity contribution in [2.45, 2.75) is 13.0 Å². The van der Waals surface area contributed by atoms with Gasteiger partial charge in [-0.2, -0.15) is 0 Å². The van der Waals surface area contributed by atoms with Crippen LogP contribution >= 0.6 is 0 Å². The lowest BCUT2D eigenvalue weighted by atomic mass is 9.97. The van der Waals surface area contributed by atoms with E-state index in [0.717, 1.165) is 27.6 Å². The molecule has 4 aromatic rings. The van der Waals surface area contributed by atoms with Gasteiger partial charge in [0.15, 0.2) is 0 Å². The number of ether oxygens (including phenoxy) is 1. The van der Waals surface area contributed by atoms with Crippen molar-refractivity contribution in [3.8, 4) is 5.75 Å². The highest BCUT2D eigenvalue weighted by atomic mass is 16.5. The van der Waals surface area contributed by atoms with E-state index in [4.69, 9.17) is 10.5 Å². The number of nitrogens with two attached hydrogens (primary N) is 1. The summed E-state index contributed by atoms with van der Waals surface area (Å²) in [7, 11) is 0. The number of hydrogen-bond acceptors (Lipinski definition) is 5. The van der Waals surface area contributed by atoms with E-state index < -0.39 is 12.0 Å². The summed E-state index contributed by atoms with van der Waals surface area (Å²) in [5, 5.41) is 12.9. The normalized spacial score (nSPS) is 12.2. The number of fused-ring (bicyclic) bond motifs is 1. The van der Waals surface area contributed by atoms with Gasteiger partial charge in [0, 0.05) is 24.2 Å². The molecule has 0 aliphatic rings. The Bertz CT molecular complexity index is 1380. The van der Waals surface area contributed by atoms with Crippen molar-refractivity contribution in [2.24, 2.45) is 5.73 Å². The lowest BCUT2D eigenvalue weighted by Gasteiger charge is -2.18. The fraction of sp³-hybridized carbons (Fsp3) is 0.107. The Hall–Kier alpha value is -4.49. The number of aromatic nitrogens is 1. The van der Waals surface area contributed by atoms with Gasteiger partial charge in [-0.15, -0.1) is 0 Å². The van der Waals surface area contributed by atoms with Crippen molar-refractivity contribution < 1.29 is 19.4 Å². The van der Waals surface area contributed by atoms with Crippen molar-refractivity contribution in [1.82, 2.24) is 4.98 Å². The zero-order valence-corrected chi connectivity index (χ0v) is 19.1. The summed E-state index contributed by atoms with van der Waals surface area (Å²) >= 11 is 0. The molecule has 0 aliphatic carbocycles. The van der Waals surface area contributed by atoms with Crippen molar-refractivity contribution in [1.29, 1.82) is 0 Å². The third kappa shape index (κ3) is 6.10. The minimum atomic E-state index is -0.981. The Labute approximate surface area is 202 Å². The van der Waals surface area contributed by atoms with E-state index in [9.17, 15) is 14.7 Å². The molecule has 1 amide bonds. The predicted molar refractivity (Wildman–Crippen MR) is 136 cm³/mol. The Morgan fingerprint density at radius 2 is 1.77 bits per heavy atom. The van der Waals surface area contributed by atoms with Gasteiger partial charge >= 0.3 is 5.97 Å². The van der Waals surface area contributed by atoms with Crippen LogP contribution < -0.4 is 15.8 Å². The number of aromatic carboxylic acids is 1. The predicted octanol–water partition coefficient (Wildman–Crippen LogP) is 5.05. The Kier molecular flexibility index (Phi) is 7.18. The molecule has 1 aromatic heterocycles. The molecule has 0 saturated carbocycles. The summed E-state index contributed by atoms with van der Waals surface area (Å²) in [5.74, 6) is -0.506. The molecule has 3 aromatic carbocycles. The van der Waals surface area contributed by atoms with Gasteiger partial charge < -0.3 is 20.9 Å². The molecular weight excluding hydrogens is 442 g/mol. The molecule has 0 radical (unpaired) electrons. The van der Waals surface area contributed by atoms with Crippen LogP contribution in [0.3, 0.4) is 0 Å². The van der Waals surface area contributed by atoms with Gasteiger partial charge in [0.2, 0.25) is 5.91 Å². The number of carboxylic acid groups (broad SMARTS) is 1. The molecule has 4 rings (SSSR count). The average Bonchev–Trinajstić information content (AvgIpc) is 2.86. The Morgan fingerprint density at radius 3 is 2.46 bits per heavy atom. The zero-order chi connectivity index (χ0) is 24.8. The highest BCUT2D eigenvalue weighted by molar-refractivity contribution is 5.89. The minimum absolute atomic E-state index is 0.146. The maximum Gasteiger partial charge on any atom is 0.335 e. The standard InChI is InChI=1S/C28H25N3O4/c1-18(32)31-24-10-12-25(13-11-24)35-17-23(14-19-6-8-20(9-7-19)28(33)34)27(29)22-15-21-4-2-3-5-26(21)30-16-22/h2-16,27H,17,29H2,1H3,(H,31,32)(H,33,34)/b23-14+. The van der Waals surface area contributed by atoms with Gasteiger partial charge in [-0.05, 0) is 65.2 Å². The first-order valence-electron chi connectivity index (χ1n) is 11.0. The van der Waals surface area contributed by atoms with Crippen LogP contribution in [-0.2, 0) is 4.79 Å². The number of nitrogens with one attached hydrogen (secondary N) is 1. The molecule has 0 spiro atoms. The van der Waals surface area contributed by atoms with Gasteiger partial charge in [0.05, 0.1) is 17.1 Å². The fourth-order valence-electron chi connectivity index (χ4n) is 3.63. The fourth-order valence-corrected chi connectivity index (χ4v) is 3.63. The number of para-hydroxylation sites is 1. The topological polar surface area (TPSA) is 115 Å². The summed E-state index contributed by atoms with van der Waals surface area (Å²) in [6.45, 7) is 1.65. The molecule has 35 heavy (non-hydrogen) atoms. The van der Waals surface area contributed by atoms with Crippen molar-refractivity contribution >= 4 is 34.5 Å². The number of carbonyl (C=O) groups excluding carboxylic acids is 1. The molecular formula is C28H25N3O4. The average molecular weight is 468 g/mol. The number of anilines is 1. The van der Waals surface area contributed by atoms with E-state index in [1.54, 1.807) is 54.7 Å². The number of nitrogens with zero attached hydrogens (tertiary/aromatic N) is 1. The maximum absolute atomic E-state index is 11.2. The second kappa shape index (κ2) is 10.6. The second-order valence-electron chi connectivity index (χ2n) is 8.08. The smallest absolute Gasteiger partial charge is 0.335 e. The number of pyridine rings is 1. The molecule has 7 heteroatoms. The van der Waals surface area contributed by atoms with Crippen LogP contribution in [-0.4, -0.2) is 28.6 Å². The Balaban J connectivity index is 1.61. The monoisotopic (exact) mass is 467 g/mol. The van der Waals surface area contributed by atoms with Crippen molar-refractivity contribution in [3.63, 3.8) is 0 Å². The summed E-state index contributed by atoms with van der Waals surface area (Å²) in [6.07, 6.45) is 3.66. The number of rotatable bonds is 8. The van der Waals surface area contributed by atoms with Gasteiger partial charge in [-0.25, -0.2) is 4.79 Å². The molecule has 7 nitrogen and oxygen atoms in total. The van der Waals surface area contributed by atoms with E-state index >= 15 is 0 Å². The first-order valence-corrected chi connectivity index (χ1v) is 11.0. The summed E-state index contributed by atoms with van der Waals surface area (Å²) in [6, 6.07) is 23.0. The third-order valence-corrected chi connectivity index (χ3v) is 5.46. The lowest BCUT2D eigenvalue weighted by Crippen LogP contribution is -2.18. The molecule has 1 atom stereocenters. The van der Waals surface area contributed by atoms with E-state index in [0.29, 0.717) is 11.4 Å². The Morgan fingerprint density at radius 1 is 1.06 bits per heavy atom. The van der Waals surface area contributed by atoms with E-state index in [-0.39, 0.29) is 18.1 Å². The highest BCUT2D eigenvalue weighted by Gasteiger charge is 2.15. The number of hydrogen-bond donors (Lipinski definition) is 3. The first kappa shape index (κ1) is 23.7. The lowest BCUT2D eigenvalue weighted by molar-refractivity contribution is -0.114. The van der Waals surface area contributed by atoms with E-state index in [1.165, 1.54) is 6.92 Å². The quantitative estimate of drug-likeness (QED) is 0.334. The van der Waals surface area contributed by atoms with Gasteiger partial charge in [0.1, 0.15) is 12.4 Å². The molecule has 176 valence electrons. The van der Waals surface area contributed by atoms with Crippen LogP contribution in [0.2, 0.25) is 0 Å². The van der Waals surface area contributed by atoms with Gasteiger partial charge in [-0.3, -0.25) is 9.78 Å².